The zero-order valence-corrected chi connectivity index (χ0v) is 13.9. The minimum absolute atomic E-state index is 0.249. The van der Waals surface area contributed by atoms with E-state index in [2.05, 4.69) is 15.3 Å². The Morgan fingerprint density at radius 2 is 2.05 bits per heavy atom. The van der Waals surface area contributed by atoms with Crippen molar-refractivity contribution in [2.45, 2.75) is 52.1 Å². The second kappa shape index (κ2) is 6.27. The second-order valence-corrected chi connectivity index (χ2v) is 7.87. The van der Waals surface area contributed by atoms with Crippen molar-refractivity contribution < 1.29 is 8.42 Å². The van der Waals surface area contributed by atoms with Gasteiger partial charge < -0.3 is 5.32 Å². The van der Waals surface area contributed by atoms with Crippen LogP contribution < -0.4 is 5.32 Å². The van der Waals surface area contributed by atoms with E-state index >= 15 is 0 Å². The number of rotatable bonds is 4. The lowest BCUT2D eigenvalue weighted by atomic mass is 10.0. The summed E-state index contributed by atoms with van der Waals surface area (Å²) in [7, 11) is -3.24. The molecule has 0 aliphatic carbocycles. The molecule has 0 spiro atoms. The highest BCUT2D eigenvalue weighted by atomic mass is 32.2. The van der Waals surface area contributed by atoms with E-state index in [0.29, 0.717) is 12.4 Å². The van der Waals surface area contributed by atoms with Gasteiger partial charge in [-0.1, -0.05) is 6.42 Å². The first-order valence-electron chi connectivity index (χ1n) is 7.36. The zero-order valence-electron chi connectivity index (χ0n) is 13.1. The molecule has 1 N–H and O–H groups in total. The van der Waals surface area contributed by atoms with E-state index in [0.717, 1.165) is 30.8 Å². The topological polar surface area (TPSA) is 75.2 Å². The fourth-order valence-corrected chi connectivity index (χ4v) is 3.79. The van der Waals surface area contributed by atoms with E-state index < -0.39 is 10.0 Å². The molecule has 2 heterocycles. The summed E-state index contributed by atoms with van der Waals surface area (Å²) in [4.78, 5) is 9.00. The normalized spacial score (nSPS) is 20.7. The second-order valence-electron chi connectivity index (χ2n) is 5.94. The van der Waals surface area contributed by atoms with E-state index in [4.69, 9.17) is 0 Å². The zero-order chi connectivity index (χ0) is 15.6. The minimum Gasteiger partial charge on any atom is -0.368 e. The Balaban J connectivity index is 2.36. The molecule has 1 aliphatic rings. The number of sulfonamides is 1. The predicted molar refractivity (Wildman–Crippen MR) is 83.7 cm³/mol. The minimum atomic E-state index is -3.24. The lowest BCUT2D eigenvalue weighted by molar-refractivity contribution is 0.248. The van der Waals surface area contributed by atoms with Crippen molar-refractivity contribution in [2.75, 3.05) is 18.1 Å². The number of nitrogens with one attached hydrogen (secondary N) is 1. The Kier molecular flexibility index (Phi) is 4.83. The molecule has 1 aliphatic heterocycles. The van der Waals surface area contributed by atoms with Crippen LogP contribution in [-0.2, 0) is 10.0 Å². The lowest BCUT2D eigenvalue weighted by Crippen LogP contribution is -2.38. The molecule has 1 atom stereocenters. The van der Waals surface area contributed by atoms with Gasteiger partial charge in [0.05, 0.1) is 12.3 Å². The smallest absolute Gasteiger partial charge is 0.211 e. The Bertz CT molecular complexity index is 601. The van der Waals surface area contributed by atoms with Gasteiger partial charge in [0.1, 0.15) is 11.6 Å². The third-order valence-corrected chi connectivity index (χ3v) is 4.77. The quantitative estimate of drug-likeness (QED) is 0.921. The molecule has 1 fully saturated rings. The van der Waals surface area contributed by atoms with Crippen LogP contribution in [0.25, 0.3) is 0 Å². The summed E-state index contributed by atoms with van der Waals surface area (Å²) in [6.07, 6.45) is 3.93. The molecule has 0 radical (unpaired) electrons. The van der Waals surface area contributed by atoms with Gasteiger partial charge in [-0.05, 0) is 33.6 Å². The van der Waals surface area contributed by atoms with Gasteiger partial charge >= 0.3 is 0 Å². The summed E-state index contributed by atoms with van der Waals surface area (Å²) in [6, 6.07) is 1.91. The first-order valence-corrected chi connectivity index (χ1v) is 9.21. The van der Waals surface area contributed by atoms with Crippen LogP contribution in [0.15, 0.2) is 6.07 Å². The highest BCUT2D eigenvalue weighted by molar-refractivity contribution is 7.88. The summed E-state index contributed by atoms with van der Waals surface area (Å²) in [5, 5.41) is 3.26. The Morgan fingerprint density at radius 1 is 1.33 bits per heavy atom. The van der Waals surface area contributed by atoms with Gasteiger partial charge in [0.25, 0.3) is 0 Å². The molecule has 6 nitrogen and oxygen atoms in total. The molecule has 1 aromatic rings. The summed E-state index contributed by atoms with van der Waals surface area (Å²) < 4.78 is 25.5. The Morgan fingerprint density at radius 3 is 2.67 bits per heavy atom. The van der Waals surface area contributed by atoms with Crippen molar-refractivity contribution in [2.24, 2.45) is 0 Å². The highest BCUT2D eigenvalue weighted by Gasteiger charge is 2.32. The van der Waals surface area contributed by atoms with Crippen LogP contribution in [0, 0.1) is 6.92 Å². The molecule has 21 heavy (non-hydrogen) atoms. The van der Waals surface area contributed by atoms with Crippen molar-refractivity contribution >= 4 is 15.8 Å². The number of nitrogens with zero attached hydrogens (tertiary/aromatic N) is 3. The van der Waals surface area contributed by atoms with Gasteiger partial charge in [0, 0.05) is 24.3 Å². The van der Waals surface area contributed by atoms with E-state index in [-0.39, 0.29) is 12.1 Å². The molecular formula is C14H24N4O2S. The van der Waals surface area contributed by atoms with Crippen molar-refractivity contribution in [1.82, 2.24) is 14.3 Å². The van der Waals surface area contributed by atoms with Crippen molar-refractivity contribution in [1.29, 1.82) is 0 Å². The number of aryl methyl sites for hydroxylation is 1. The fraction of sp³-hybridized carbons (Fsp3) is 0.714. The Hall–Kier alpha value is -1.21. The summed E-state index contributed by atoms with van der Waals surface area (Å²) >= 11 is 0. The van der Waals surface area contributed by atoms with Crippen molar-refractivity contribution in [3.63, 3.8) is 0 Å². The molecule has 7 heteroatoms. The molecule has 2 rings (SSSR count). The number of anilines is 1. The van der Waals surface area contributed by atoms with Gasteiger partial charge in [0.2, 0.25) is 10.0 Å². The fourth-order valence-electron chi connectivity index (χ4n) is 2.67. The van der Waals surface area contributed by atoms with Crippen LogP contribution >= 0.6 is 0 Å². The maximum absolute atomic E-state index is 12.0. The van der Waals surface area contributed by atoms with E-state index in [9.17, 15) is 8.42 Å². The molecule has 0 unspecified atom stereocenters. The number of hydrogen-bond donors (Lipinski definition) is 1. The monoisotopic (exact) mass is 312 g/mol. The van der Waals surface area contributed by atoms with Gasteiger partial charge in [-0.2, -0.15) is 4.31 Å². The average Bonchev–Trinajstić information content (AvgIpc) is 2.36. The molecule has 118 valence electrons. The molecule has 0 aromatic carbocycles. The van der Waals surface area contributed by atoms with Gasteiger partial charge in [-0.25, -0.2) is 18.4 Å². The number of aromatic nitrogens is 2. The van der Waals surface area contributed by atoms with Crippen LogP contribution in [0.4, 0.5) is 5.82 Å². The number of hydrogen-bond acceptors (Lipinski definition) is 5. The predicted octanol–water partition coefficient (Wildman–Crippen LogP) is 2.09. The van der Waals surface area contributed by atoms with E-state index in [1.807, 2.05) is 26.8 Å². The highest BCUT2D eigenvalue weighted by Crippen LogP contribution is 2.31. The molecule has 0 amide bonds. The first-order chi connectivity index (χ1) is 9.77. The maximum Gasteiger partial charge on any atom is 0.211 e. The lowest BCUT2D eigenvalue weighted by Gasteiger charge is -2.32. The molecule has 0 bridgehead atoms. The summed E-state index contributed by atoms with van der Waals surface area (Å²) in [5.41, 5.74) is 0.849. The standard InChI is InChI=1S/C14H24N4O2S/c1-10(2)15-13-9-11(3)16-14(17-13)12-7-5-6-8-18(12)21(4,19)20/h9-10,12H,5-8H2,1-4H3,(H,15,16,17)/t12-/m1/s1. The van der Waals surface area contributed by atoms with Gasteiger partial charge in [0.15, 0.2) is 0 Å². The van der Waals surface area contributed by atoms with E-state index in [1.54, 1.807) is 0 Å². The Labute approximate surface area is 127 Å². The van der Waals surface area contributed by atoms with Gasteiger partial charge in [-0.3, -0.25) is 0 Å². The third kappa shape index (κ3) is 4.14. The summed E-state index contributed by atoms with van der Waals surface area (Å²) in [6.45, 7) is 6.54. The summed E-state index contributed by atoms with van der Waals surface area (Å²) in [5.74, 6) is 1.36. The molecule has 1 saturated heterocycles. The largest absolute Gasteiger partial charge is 0.368 e. The molecule has 0 saturated carbocycles. The van der Waals surface area contributed by atoms with Crippen LogP contribution in [-0.4, -0.2) is 41.5 Å². The SMILES string of the molecule is Cc1cc(NC(C)C)nc([C@H]2CCCCN2S(C)(=O)=O)n1. The van der Waals surface area contributed by atoms with Crippen LogP contribution in [0.5, 0.6) is 0 Å². The number of piperidine rings is 1. The van der Waals surface area contributed by atoms with Crippen molar-refractivity contribution in [3.8, 4) is 0 Å². The maximum atomic E-state index is 12.0. The van der Waals surface area contributed by atoms with E-state index in [1.165, 1.54) is 10.6 Å². The molecular weight excluding hydrogens is 288 g/mol. The van der Waals surface area contributed by atoms with Crippen molar-refractivity contribution in [3.05, 3.63) is 17.6 Å². The first kappa shape index (κ1) is 16.2. The van der Waals surface area contributed by atoms with Crippen LogP contribution in [0.2, 0.25) is 0 Å². The van der Waals surface area contributed by atoms with Crippen LogP contribution in [0.3, 0.4) is 0 Å². The molecule has 1 aromatic heterocycles. The van der Waals surface area contributed by atoms with Gasteiger partial charge in [-0.15, -0.1) is 0 Å². The third-order valence-electron chi connectivity index (χ3n) is 3.49. The average molecular weight is 312 g/mol. The van der Waals surface area contributed by atoms with Crippen LogP contribution in [0.1, 0.15) is 50.7 Å².